The van der Waals surface area contributed by atoms with Crippen LogP contribution in [0.5, 0.6) is 0 Å². The Morgan fingerprint density at radius 2 is 1.83 bits per heavy atom. The van der Waals surface area contributed by atoms with E-state index in [-0.39, 0.29) is 17.7 Å². The maximum absolute atomic E-state index is 12.0. The van der Waals surface area contributed by atoms with E-state index in [0.29, 0.717) is 10.6 Å². The number of ether oxygens (including phenoxy) is 1. The number of nitrogens with one attached hydrogen (secondary N) is 1. The largest absolute Gasteiger partial charge is 0.352 e. The molecule has 18 heavy (non-hydrogen) atoms. The standard InChI is InChI=1S/C13H14ClNO3/c1-7(2)15-13(17)12-11(18-12)10(16)8-3-5-9(14)6-4-8/h3-7,11-12H,1-2H3,(H,15,17). The highest BCUT2D eigenvalue weighted by Crippen LogP contribution is 2.26. The van der Waals surface area contributed by atoms with Crippen molar-refractivity contribution < 1.29 is 14.3 Å². The summed E-state index contributed by atoms with van der Waals surface area (Å²) >= 11 is 5.74. The van der Waals surface area contributed by atoms with E-state index < -0.39 is 12.2 Å². The van der Waals surface area contributed by atoms with Crippen LogP contribution in [-0.2, 0) is 9.53 Å². The monoisotopic (exact) mass is 267 g/mol. The van der Waals surface area contributed by atoms with Gasteiger partial charge < -0.3 is 10.1 Å². The predicted molar refractivity (Wildman–Crippen MR) is 67.7 cm³/mol. The minimum absolute atomic E-state index is 0.0352. The van der Waals surface area contributed by atoms with E-state index in [2.05, 4.69) is 5.32 Å². The number of amides is 1. The summed E-state index contributed by atoms with van der Waals surface area (Å²) in [6.45, 7) is 3.71. The first-order valence-electron chi connectivity index (χ1n) is 5.74. The van der Waals surface area contributed by atoms with Crippen LogP contribution in [0.2, 0.25) is 5.02 Å². The van der Waals surface area contributed by atoms with Gasteiger partial charge >= 0.3 is 0 Å². The van der Waals surface area contributed by atoms with Gasteiger partial charge in [0.1, 0.15) is 0 Å². The highest BCUT2D eigenvalue weighted by Gasteiger charge is 2.50. The van der Waals surface area contributed by atoms with Crippen LogP contribution in [0, 0.1) is 0 Å². The number of hydrogen-bond acceptors (Lipinski definition) is 3. The molecule has 1 N–H and O–H groups in total. The van der Waals surface area contributed by atoms with Gasteiger partial charge in [0.25, 0.3) is 5.91 Å². The lowest BCUT2D eigenvalue weighted by molar-refractivity contribution is -0.122. The maximum Gasteiger partial charge on any atom is 0.252 e. The molecule has 1 aromatic carbocycles. The lowest BCUT2D eigenvalue weighted by Crippen LogP contribution is -2.35. The number of hydrogen-bond donors (Lipinski definition) is 1. The summed E-state index contributed by atoms with van der Waals surface area (Å²) in [4.78, 5) is 23.6. The van der Waals surface area contributed by atoms with Gasteiger partial charge in [0.15, 0.2) is 18.0 Å². The molecule has 0 saturated carbocycles. The van der Waals surface area contributed by atoms with Gasteiger partial charge in [-0.05, 0) is 38.1 Å². The Hall–Kier alpha value is -1.39. The minimum atomic E-state index is -0.662. The molecule has 1 aliphatic rings. The van der Waals surface area contributed by atoms with Crippen molar-refractivity contribution in [3.05, 3.63) is 34.9 Å². The van der Waals surface area contributed by atoms with E-state index in [9.17, 15) is 9.59 Å². The molecule has 5 heteroatoms. The Kier molecular flexibility index (Phi) is 3.68. The van der Waals surface area contributed by atoms with E-state index in [0.717, 1.165) is 0 Å². The quantitative estimate of drug-likeness (QED) is 0.669. The van der Waals surface area contributed by atoms with Crippen molar-refractivity contribution >= 4 is 23.3 Å². The molecule has 0 radical (unpaired) electrons. The molecule has 1 saturated heterocycles. The van der Waals surface area contributed by atoms with E-state index in [1.54, 1.807) is 24.3 Å². The summed E-state index contributed by atoms with van der Waals surface area (Å²) in [5.74, 6) is -0.423. The van der Waals surface area contributed by atoms with Crippen LogP contribution < -0.4 is 5.32 Å². The second-order valence-electron chi connectivity index (χ2n) is 4.51. The van der Waals surface area contributed by atoms with Crippen LogP contribution >= 0.6 is 11.6 Å². The molecule has 1 aromatic rings. The first-order chi connectivity index (χ1) is 8.49. The Balaban J connectivity index is 1.97. The van der Waals surface area contributed by atoms with Gasteiger partial charge in [-0.15, -0.1) is 0 Å². The fraction of sp³-hybridized carbons (Fsp3) is 0.385. The maximum atomic E-state index is 12.0. The molecule has 0 aliphatic carbocycles. The van der Waals surface area contributed by atoms with Crippen LogP contribution in [0.1, 0.15) is 24.2 Å². The normalized spacial score (nSPS) is 21.8. The SMILES string of the molecule is CC(C)NC(=O)C1OC1C(=O)c1ccc(Cl)cc1. The highest BCUT2D eigenvalue weighted by molar-refractivity contribution is 6.30. The third-order valence-corrected chi connectivity index (χ3v) is 2.82. The predicted octanol–water partition coefficient (Wildman–Crippen LogP) is 1.81. The summed E-state index contributed by atoms with van der Waals surface area (Å²) in [6.07, 6.45) is -1.32. The van der Waals surface area contributed by atoms with Crippen LogP contribution in [-0.4, -0.2) is 29.9 Å². The number of ketones is 1. The minimum Gasteiger partial charge on any atom is -0.352 e. The number of benzene rings is 1. The Bertz CT molecular complexity index is 470. The smallest absolute Gasteiger partial charge is 0.252 e. The van der Waals surface area contributed by atoms with Crippen molar-refractivity contribution in [2.75, 3.05) is 0 Å². The van der Waals surface area contributed by atoms with E-state index >= 15 is 0 Å². The van der Waals surface area contributed by atoms with Crippen LogP contribution in [0.4, 0.5) is 0 Å². The van der Waals surface area contributed by atoms with Gasteiger partial charge in [-0.2, -0.15) is 0 Å². The molecule has 1 aliphatic heterocycles. The average Bonchev–Trinajstić information content (AvgIpc) is 3.08. The molecule has 0 spiro atoms. The third kappa shape index (κ3) is 2.89. The van der Waals surface area contributed by atoms with Crippen LogP contribution in [0.25, 0.3) is 0 Å². The van der Waals surface area contributed by atoms with E-state index in [1.807, 2.05) is 13.8 Å². The molecule has 1 heterocycles. The summed E-state index contributed by atoms with van der Waals surface area (Å²) in [7, 11) is 0. The first-order valence-corrected chi connectivity index (χ1v) is 6.12. The summed E-state index contributed by atoms with van der Waals surface area (Å²) in [5, 5.41) is 3.28. The van der Waals surface area contributed by atoms with Crippen molar-refractivity contribution in [1.82, 2.24) is 5.32 Å². The molecule has 4 nitrogen and oxygen atoms in total. The van der Waals surface area contributed by atoms with Gasteiger partial charge in [-0.25, -0.2) is 0 Å². The van der Waals surface area contributed by atoms with Crippen LogP contribution in [0.3, 0.4) is 0 Å². The van der Waals surface area contributed by atoms with Gasteiger partial charge in [-0.1, -0.05) is 11.6 Å². The summed E-state index contributed by atoms with van der Waals surface area (Å²) < 4.78 is 5.13. The number of carbonyl (C=O) groups is 2. The fourth-order valence-electron chi connectivity index (χ4n) is 1.66. The second kappa shape index (κ2) is 5.08. The van der Waals surface area contributed by atoms with Crippen molar-refractivity contribution in [1.29, 1.82) is 0 Å². The van der Waals surface area contributed by atoms with E-state index in [4.69, 9.17) is 16.3 Å². The zero-order valence-electron chi connectivity index (χ0n) is 10.1. The van der Waals surface area contributed by atoms with Crippen molar-refractivity contribution in [3.8, 4) is 0 Å². The average molecular weight is 268 g/mol. The van der Waals surface area contributed by atoms with Gasteiger partial charge in [0.05, 0.1) is 0 Å². The molecule has 2 unspecified atom stereocenters. The van der Waals surface area contributed by atoms with Crippen molar-refractivity contribution in [2.24, 2.45) is 0 Å². The topological polar surface area (TPSA) is 58.7 Å². The molecule has 0 aromatic heterocycles. The molecular formula is C13H14ClNO3. The second-order valence-corrected chi connectivity index (χ2v) is 4.95. The zero-order chi connectivity index (χ0) is 13.3. The van der Waals surface area contributed by atoms with Gasteiger partial charge in [0, 0.05) is 16.6 Å². The molecule has 1 amide bonds. The molecule has 96 valence electrons. The Labute approximate surface area is 110 Å². The Morgan fingerprint density at radius 1 is 1.22 bits per heavy atom. The molecular weight excluding hydrogens is 254 g/mol. The summed E-state index contributed by atoms with van der Waals surface area (Å²) in [5.41, 5.74) is 0.504. The number of carbonyl (C=O) groups excluding carboxylic acids is 2. The number of Topliss-reactive ketones (excluding diaryl/α,β-unsaturated/α-hetero) is 1. The molecule has 1 fully saturated rings. The Morgan fingerprint density at radius 3 is 2.39 bits per heavy atom. The van der Waals surface area contributed by atoms with Gasteiger partial charge in [0.2, 0.25) is 0 Å². The first kappa shape index (κ1) is 13.1. The van der Waals surface area contributed by atoms with Crippen LogP contribution in [0.15, 0.2) is 24.3 Å². The van der Waals surface area contributed by atoms with E-state index in [1.165, 1.54) is 0 Å². The lowest BCUT2D eigenvalue weighted by atomic mass is 10.1. The van der Waals surface area contributed by atoms with Gasteiger partial charge in [-0.3, -0.25) is 9.59 Å². The molecule has 0 bridgehead atoms. The van der Waals surface area contributed by atoms with Crippen molar-refractivity contribution in [2.45, 2.75) is 32.1 Å². The molecule has 2 rings (SSSR count). The molecule has 2 atom stereocenters. The lowest BCUT2D eigenvalue weighted by Gasteiger charge is -2.05. The number of rotatable bonds is 4. The zero-order valence-corrected chi connectivity index (χ0v) is 10.9. The third-order valence-electron chi connectivity index (χ3n) is 2.57. The summed E-state index contributed by atoms with van der Waals surface area (Å²) in [6, 6.07) is 6.57. The van der Waals surface area contributed by atoms with Crippen molar-refractivity contribution in [3.63, 3.8) is 0 Å². The number of halogens is 1. The highest BCUT2D eigenvalue weighted by atomic mass is 35.5. The number of epoxide rings is 1. The fourth-order valence-corrected chi connectivity index (χ4v) is 1.78.